The fraction of sp³-hybridized carbons (Fsp3) is 0.894. The van der Waals surface area contributed by atoms with Gasteiger partial charge in [-0.2, -0.15) is 0 Å². The summed E-state index contributed by atoms with van der Waals surface area (Å²) in [7, 11) is 0. The lowest BCUT2D eigenvalue weighted by Crippen LogP contribution is -2.59. The van der Waals surface area contributed by atoms with E-state index in [0.29, 0.717) is 13.0 Å². The van der Waals surface area contributed by atoms with Crippen molar-refractivity contribution in [3.8, 4) is 0 Å². The first kappa shape index (κ1) is 52.7. The Labute approximate surface area is 343 Å². The molecule has 0 aromatic rings. The minimum absolute atomic E-state index is 0.110. The van der Waals surface area contributed by atoms with Gasteiger partial charge >= 0.3 is 5.97 Å². The predicted molar refractivity (Wildman–Crippen MR) is 229 cm³/mol. The van der Waals surface area contributed by atoms with E-state index in [1.54, 1.807) is 0 Å². The van der Waals surface area contributed by atoms with Gasteiger partial charge in [-0.15, -0.1) is 0 Å². The molecular formula is C47H88O9. The van der Waals surface area contributed by atoms with Crippen LogP contribution in [0.4, 0.5) is 0 Å². The highest BCUT2D eigenvalue weighted by atomic mass is 16.7. The molecule has 9 nitrogen and oxygen atoms in total. The van der Waals surface area contributed by atoms with Crippen LogP contribution in [0.25, 0.3) is 0 Å². The standard InChI is InChI=1S/C47H88O9/c1-3-5-7-9-11-13-15-16-17-18-19-20-21-22-23-24-25-26-27-28-30-32-34-36-43(49)55-41(39-53-37-35-33-31-29-14-12-10-8-6-4-2)40-54-47-46(52)45(51)44(50)42(38-48)56-47/h15-16,18-19,41-42,44-48,50-52H,3-14,17,20-40H2,1-2H3/b16-15-,19-18-. The summed E-state index contributed by atoms with van der Waals surface area (Å²) in [5.74, 6) is -0.314. The molecular weight excluding hydrogens is 709 g/mol. The van der Waals surface area contributed by atoms with Crippen LogP contribution in [0.1, 0.15) is 206 Å². The number of hydrogen-bond acceptors (Lipinski definition) is 9. The van der Waals surface area contributed by atoms with Gasteiger partial charge in [-0.1, -0.05) is 179 Å². The van der Waals surface area contributed by atoms with Gasteiger partial charge in [0.15, 0.2) is 6.29 Å². The second kappa shape index (κ2) is 39.1. The Morgan fingerprint density at radius 3 is 1.54 bits per heavy atom. The fourth-order valence-electron chi connectivity index (χ4n) is 7.17. The second-order valence-electron chi connectivity index (χ2n) is 16.2. The van der Waals surface area contributed by atoms with Crippen LogP contribution in [0.3, 0.4) is 0 Å². The van der Waals surface area contributed by atoms with Gasteiger partial charge in [-0.25, -0.2) is 0 Å². The van der Waals surface area contributed by atoms with E-state index in [4.69, 9.17) is 18.9 Å². The number of aliphatic hydroxyl groups is 4. The van der Waals surface area contributed by atoms with Crippen molar-refractivity contribution in [3.63, 3.8) is 0 Å². The summed E-state index contributed by atoms with van der Waals surface area (Å²) in [6.45, 7) is 4.56. The van der Waals surface area contributed by atoms with Gasteiger partial charge in [0.05, 0.1) is 19.8 Å². The van der Waals surface area contributed by atoms with E-state index in [-0.39, 0.29) is 19.2 Å². The number of allylic oxidation sites excluding steroid dienone is 4. The zero-order valence-electron chi connectivity index (χ0n) is 36.1. The van der Waals surface area contributed by atoms with Crippen LogP contribution < -0.4 is 0 Å². The Balaban J connectivity index is 2.18. The number of unbranched alkanes of at least 4 members (excludes halogenated alkanes) is 25. The summed E-state index contributed by atoms with van der Waals surface area (Å²) < 4.78 is 22.8. The molecule has 9 heteroatoms. The average Bonchev–Trinajstić information content (AvgIpc) is 3.20. The van der Waals surface area contributed by atoms with E-state index >= 15 is 0 Å². The molecule has 1 aliphatic rings. The van der Waals surface area contributed by atoms with E-state index in [1.165, 1.54) is 148 Å². The summed E-state index contributed by atoms with van der Waals surface area (Å²) in [4.78, 5) is 12.8. The lowest BCUT2D eigenvalue weighted by Gasteiger charge is -2.39. The molecule has 6 atom stereocenters. The molecule has 1 saturated heterocycles. The van der Waals surface area contributed by atoms with Crippen molar-refractivity contribution in [1.29, 1.82) is 0 Å². The topological polar surface area (TPSA) is 135 Å². The van der Waals surface area contributed by atoms with Crippen LogP contribution in [0.2, 0.25) is 0 Å². The fourth-order valence-corrected chi connectivity index (χ4v) is 7.17. The SMILES string of the molecule is CCCCCCC/C=C\C/C=C\CCCCCCCCCCCCCC(=O)OC(COCCCCCCCCCCCC)COC1OC(CO)C(O)C(O)C1O. The lowest BCUT2D eigenvalue weighted by molar-refractivity contribution is -0.305. The molecule has 4 N–H and O–H groups in total. The van der Waals surface area contributed by atoms with Crippen LogP contribution in [0, 0.1) is 0 Å². The minimum atomic E-state index is -1.53. The number of ether oxygens (including phenoxy) is 4. The number of rotatable bonds is 40. The highest BCUT2D eigenvalue weighted by molar-refractivity contribution is 5.69. The van der Waals surface area contributed by atoms with Crippen molar-refractivity contribution < 1.29 is 44.2 Å². The molecule has 6 unspecified atom stereocenters. The van der Waals surface area contributed by atoms with Gasteiger partial charge in [0.2, 0.25) is 0 Å². The molecule has 0 aromatic heterocycles. The normalized spacial score (nSPS) is 20.7. The summed E-state index contributed by atoms with van der Waals surface area (Å²) in [6, 6.07) is 0. The highest BCUT2D eigenvalue weighted by Gasteiger charge is 2.44. The number of aliphatic hydroxyl groups excluding tert-OH is 4. The molecule has 0 amide bonds. The summed E-state index contributed by atoms with van der Waals surface area (Å²) >= 11 is 0. The molecule has 1 aliphatic heterocycles. The maximum absolute atomic E-state index is 12.8. The monoisotopic (exact) mass is 797 g/mol. The van der Waals surface area contributed by atoms with Gasteiger partial charge in [0.1, 0.15) is 30.5 Å². The van der Waals surface area contributed by atoms with E-state index in [9.17, 15) is 25.2 Å². The molecule has 0 aromatic carbocycles. The third-order valence-electron chi connectivity index (χ3n) is 10.9. The van der Waals surface area contributed by atoms with Crippen LogP contribution >= 0.6 is 0 Å². The molecule has 0 aliphatic carbocycles. The van der Waals surface area contributed by atoms with Crippen molar-refractivity contribution in [2.45, 2.75) is 243 Å². The smallest absolute Gasteiger partial charge is 0.306 e. The van der Waals surface area contributed by atoms with Gasteiger partial charge in [-0.05, 0) is 44.9 Å². The van der Waals surface area contributed by atoms with Crippen LogP contribution in [0.15, 0.2) is 24.3 Å². The molecule has 0 radical (unpaired) electrons. The molecule has 0 saturated carbocycles. The molecule has 1 fully saturated rings. The van der Waals surface area contributed by atoms with Crippen molar-refractivity contribution in [2.75, 3.05) is 26.4 Å². The van der Waals surface area contributed by atoms with Gasteiger partial charge < -0.3 is 39.4 Å². The maximum atomic E-state index is 12.8. The summed E-state index contributed by atoms with van der Waals surface area (Å²) in [6.07, 6.45) is 37.8. The van der Waals surface area contributed by atoms with Gasteiger partial charge in [-0.3, -0.25) is 4.79 Å². The van der Waals surface area contributed by atoms with Crippen molar-refractivity contribution in [2.24, 2.45) is 0 Å². The molecule has 0 bridgehead atoms. The number of carbonyl (C=O) groups is 1. The van der Waals surface area contributed by atoms with Crippen LogP contribution in [-0.4, -0.2) is 89.6 Å². The summed E-state index contributed by atoms with van der Waals surface area (Å²) in [5.41, 5.74) is 0. The molecule has 56 heavy (non-hydrogen) atoms. The Morgan fingerprint density at radius 1 is 0.571 bits per heavy atom. The second-order valence-corrected chi connectivity index (χ2v) is 16.2. The Bertz CT molecular complexity index is 910. The summed E-state index contributed by atoms with van der Waals surface area (Å²) in [5, 5.41) is 40.1. The van der Waals surface area contributed by atoms with Crippen molar-refractivity contribution in [3.05, 3.63) is 24.3 Å². The zero-order chi connectivity index (χ0) is 40.7. The Morgan fingerprint density at radius 2 is 1.04 bits per heavy atom. The Kier molecular flexibility index (Phi) is 36.8. The van der Waals surface area contributed by atoms with E-state index < -0.39 is 43.4 Å². The lowest BCUT2D eigenvalue weighted by atomic mass is 9.99. The van der Waals surface area contributed by atoms with E-state index in [2.05, 4.69) is 38.2 Å². The maximum Gasteiger partial charge on any atom is 0.306 e. The van der Waals surface area contributed by atoms with Crippen molar-refractivity contribution in [1.82, 2.24) is 0 Å². The van der Waals surface area contributed by atoms with E-state index in [0.717, 1.165) is 38.5 Å². The first-order valence-electron chi connectivity index (χ1n) is 23.4. The highest BCUT2D eigenvalue weighted by Crippen LogP contribution is 2.23. The van der Waals surface area contributed by atoms with Crippen molar-refractivity contribution >= 4 is 5.97 Å². The zero-order valence-corrected chi connectivity index (χ0v) is 36.1. The number of hydrogen-bond donors (Lipinski definition) is 4. The molecule has 1 rings (SSSR count). The minimum Gasteiger partial charge on any atom is -0.457 e. The predicted octanol–water partition coefficient (Wildman–Crippen LogP) is 10.6. The van der Waals surface area contributed by atoms with Crippen LogP contribution in [-0.2, 0) is 23.7 Å². The number of esters is 1. The first-order valence-corrected chi connectivity index (χ1v) is 23.4. The van der Waals surface area contributed by atoms with E-state index in [1.807, 2.05) is 0 Å². The molecule has 330 valence electrons. The van der Waals surface area contributed by atoms with Gasteiger partial charge in [0.25, 0.3) is 0 Å². The Hall–Kier alpha value is -1.33. The molecule has 1 heterocycles. The van der Waals surface area contributed by atoms with Crippen LogP contribution in [0.5, 0.6) is 0 Å². The average molecular weight is 797 g/mol. The van der Waals surface area contributed by atoms with Gasteiger partial charge in [0, 0.05) is 13.0 Å². The largest absolute Gasteiger partial charge is 0.457 e. The number of carbonyl (C=O) groups excluding carboxylic acids is 1. The molecule has 0 spiro atoms. The third-order valence-corrected chi connectivity index (χ3v) is 10.9. The quantitative estimate of drug-likeness (QED) is 0.0271. The third kappa shape index (κ3) is 29.8. The first-order chi connectivity index (χ1) is 27.4.